The third kappa shape index (κ3) is 5.08. The number of thiocarbonyl (C=S) groups is 1. The Morgan fingerprint density at radius 3 is 2.57 bits per heavy atom. The van der Waals surface area contributed by atoms with Gasteiger partial charge in [0.25, 0.3) is 5.91 Å². The fourth-order valence-corrected chi connectivity index (χ4v) is 4.99. The summed E-state index contributed by atoms with van der Waals surface area (Å²) in [5.74, 6) is -0.354. The first-order chi connectivity index (χ1) is 14.1. The van der Waals surface area contributed by atoms with Crippen LogP contribution in [-0.4, -0.2) is 41.4 Å². The molecule has 1 aromatic rings. The molecule has 1 saturated carbocycles. The lowest BCUT2D eigenvalue weighted by atomic mass is 10.1. The molecule has 1 amide bonds. The normalized spacial score (nSPS) is 23.6. The largest absolute Gasteiger partial charge is 0.426 e. The number of esters is 1. The Labute approximate surface area is 195 Å². The maximum atomic E-state index is 12.5. The third-order valence-corrected chi connectivity index (χ3v) is 6.89. The molecule has 0 radical (unpaired) electrons. The first kappa shape index (κ1) is 23.3. The molecule has 5 nitrogen and oxygen atoms in total. The fraction of sp³-hybridized carbons (Fsp3) is 0.381. The number of allylic oxidation sites excluding steroid dienone is 1. The van der Waals surface area contributed by atoms with Gasteiger partial charge in [0.2, 0.25) is 0 Å². The monoisotopic (exact) mass is 485 g/mol. The van der Waals surface area contributed by atoms with E-state index in [1.165, 1.54) is 16.7 Å². The van der Waals surface area contributed by atoms with Crippen molar-refractivity contribution in [3.8, 4) is 5.75 Å². The quantitative estimate of drug-likeness (QED) is 0.233. The van der Waals surface area contributed by atoms with E-state index in [2.05, 4.69) is 0 Å². The van der Waals surface area contributed by atoms with Crippen LogP contribution in [0.2, 0.25) is 0 Å². The fourth-order valence-electron chi connectivity index (χ4n) is 3.41. The highest BCUT2D eigenvalue weighted by molar-refractivity contribution is 8.26. The number of amides is 1. The Balaban J connectivity index is 1.64. The van der Waals surface area contributed by atoms with E-state index in [1.807, 2.05) is 13.8 Å². The average Bonchev–Trinajstić information content (AvgIpc) is 3.10. The lowest BCUT2D eigenvalue weighted by Crippen LogP contribution is -2.31. The number of carbonyl (C=O) groups excluding carboxylic acids is 2. The van der Waals surface area contributed by atoms with Gasteiger partial charge in [0.15, 0.2) is 0 Å². The van der Waals surface area contributed by atoms with E-state index in [4.69, 9.17) is 44.9 Å². The lowest BCUT2D eigenvalue weighted by Gasteiger charge is -2.12. The van der Waals surface area contributed by atoms with E-state index in [0.717, 1.165) is 5.56 Å². The topological polar surface area (TPSA) is 55.8 Å². The molecule has 9 heteroatoms. The zero-order chi connectivity index (χ0) is 22.1. The van der Waals surface area contributed by atoms with Crippen molar-refractivity contribution in [3.05, 3.63) is 45.3 Å². The number of benzene rings is 1. The van der Waals surface area contributed by atoms with Crippen molar-refractivity contribution >= 4 is 69.5 Å². The summed E-state index contributed by atoms with van der Waals surface area (Å²) in [7, 11) is 1.58. The van der Waals surface area contributed by atoms with E-state index < -0.39 is 0 Å². The molecule has 1 aliphatic carbocycles. The van der Waals surface area contributed by atoms with Crippen LogP contribution in [0.1, 0.15) is 19.4 Å². The van der Waals surface area contributed by atoms with E-state index in [9.17, 15) is 9.59 Å². The molecule has 2 atom stereocenters. The van der Waals surface area contributed by atoms with Crippen LogP contribution >= 0.6 is 47.2 Å². The zero-order valence-corrected chi connectivity index (χ0v) is 19.8. The van der Waals surface area contributed by atoms with Crippen LogP contribution in [0.3, 0.4) is 0 Å². The predicted molar refractivity (Wildman–Crippen MR) is 124 cm³/mol. The highest BCUT2D eigenvalue weighted by Crippen LogP contribution is 2.60. The van der Waals surface area contributed by atoms with Gasteiger partial charge in [0, 0.05) is 7.11 Å². The molecule has 3 rings (SSSR count). The van der Waals surface area contributed by atoms with Gasteiger partial charge in [0.1, 0.15) is 14.6 Å². The van der Waals surface area contributed by atoms with Gasteiger partial charge < -0.3 is 9.47 Å². The summed E-state index contributed by atoms with van der Waals surface area (Å²) >= 11 is 18.0. The highest BCUT2D eigenvalue weighted by atomic mass is 35.5. The van der Waals surface area contributed by atoms with Gasteiger partial charge in [-0.15, -0.1) is 0 Å². The van der Waals surface area contributed by atoms with Crippen LogP contribution in [0.15, 0.2) is 39.7 Å². The van der Waals surface area contributed by atoms with Crippen molar-refractivity contribution in [3.63, 3.8) is 0 Å². The molecule has 2 fully saturated rings. The molecule has 1 aromatic carbocycles. The number of ether oxygens (including phenoxy) is 2. The summed E-state index contributed by atoms with van der Waals surface area (Å²) in [4.78, 5) is 27.1. The summed E-state index contributed by atoms with van der Waals surface area (Å²) < 4.78 is 11.2. The molecule has 1 saturated heterocycles. The van der Waals surface area contributed by atoms with Gasteiger partial charge in [-0.3, -0.25) is 14.5 Å². The van der Waals surface area contributed by atoms with Crippen LogP contribution in [0.5, 0.6) is 5.75 Å². The molecule has 1 aliphatic heterocycles. The number of hydrogen-bond acceptors (Lipinski definition) is 6. The summed E-state index contributed by atoms with van der Waals surface area (Å²) in [5, 5.41) is 0. The van der Waals surface area contributed by atoms with Crippen molar-refractivity contribution < 1.29 is 19.1 Å². The first-order valence-corrected chi connectivity index (χ1v) is 11.2. The van der Waals surface area contributed by atoms with Crippen LogP contribution in [0.25, 0.3) is 6.08 Å². The number of rotatable bonds is 7. The Hall–Kier alpha value is -1.38. The molecule has 2 aliphatic rings. The molecule has 2 unspecified atom stereocenters. The van der Waals surface area contributed by atoms with Gasteiger partial charge in [0.05, 0.1) is 24.0 Å². The van der Waals surface area contributed by atoms with Gasteiger partial charge >= 0.3 is 5.97 Å². The van der Waals surface area contributed by atoms with E-state index in [0.29, 0.717) is 28.1 Å². The maximum absolute atomic E-state index is 12.5. The minimum absolute atomic E-state index is 0.0469. The summed E-state index contributed by atoms with van der Waals surface area (Å²) in [6.45, 7) is 4.80. The zero-order valence-electron chi connectivity index (χ0n) is 16.7. The van der Waals surface area contributed by atoms with Crippen molar-refractivity contribution in [2.45, 2.75) is 13.8 Å². The molecule has 0 N–H and O–H groups in total. The second-order valence-electron chi connectivity index (χ2n) is 7.60. The molecule has 30 heavy (non-hydrogen) atoms. The van der Waals surface area contributed by atoms with Crippen molar-refractivity contribution in [1.29, 1.82) is 0 Å². The number of nitrogens with zero attached hydrogens (tertiary/aromatic N) is 1. The van der Waals surface area contributed by atoms with Crippen LogP contribution in [0.4, 0.5) is 0 Å². The van der Waals surface area contributed by atoms with E-state index >= 15 is 0 Å². The van der Waals surface area contributed by atoms with Gasteiger partial charge in [-0.2, -0.15) is 0 Å². The van der Waals surface area contributed by atoms with Gasteiger partial charge in [-0.1, -0.05) is 73.2 Å². The first-order valence-electron chi connectivity index (χ1n) is 9.24. The third-order valence-electron chi connectivity index (χ3n) is 5.26. The minimum atomic E-state index is -0.317. The second-order valence-corrected chi connectivity index (χ2v) is 10.3. The minimum Gasteiger partial charge on any atom is -0.426 e. The Bertz CT molecular complexity index is 923. The summed E-state index contributed by atoms with van der Waals surface area (Å²) in [6.07, 6.45) is 3.45. The SMILES string of the molecule is COCCN1C(=O)C(=Cc2ccc(OC(=O)C3C(C=C(Cl)Cl)C3(C)C)cc2)SC1=S. The highest BCUT2D eigenvalue weighted by Gasteiger charge is 2.61. The van der Waals surface area contributed by atoms with E-state index in [-0.39, 0.29) is 33.6 Å². The van der Waals surface area contributed by atoms with Crippen molar-refractivity contribution in [1.82, 2.24) is 4.90 Å². The summed E-state index contributed by atoms with van der Waals surface area (Å²) in [5.41, 5.74) is 0.562. The Morgan fingerprint density at radius 1 is 1.30 bits per heavy atom. The molecular weight excluding hydrogens is 465 g/mol. The Kier molecular flexibility index (Phi) is 7.30. The number of hydrogen-bond donors (Lipinski definition) is 0. The number of carbonyl (C=O) groups is 2. The molecule has 1 heterocycles. The maximum Gasteiger partial charge on any atom is 0.315 e. The Morgan fingerprint density at radius 2 is 1.97 bits per heavy atom. The lowest BCUT2D eigenvalue weighted by molar-refractivity contribution is -0.136. The molecule has 160 valence electrons. The molecular formula is C21H21Cl2NO4S2. The van der Waals surface area contributed by atoms with E-state index in [1.54, 1.807) is 43.5 Å². The van der Waals surface area contributed by atoms with Crippen molar-refractivity contribution in [2.75, 3.05) is 20.3 Å². The van der Waals surface area contributed by atoms with Crippen LogP contribution < -0.4 is 4.74 Å². The van der Waals surface area contributed by atoms with Gasteiger partial charge in [-0.25, -0.2) is 0 Å². The molecule has 0 bridgehead atoms. The van der Waals surface area contributed by atoms with Crippen molar-refractivity contribution in [2.24, 2.45) is 17.3 Å². The van der Waals surface area contributed by atoms with Gasteiger partial charge in [-0.05, 0) is 41.2 Å². The second kappa shape index (κ2) is 9.40. The van der Waals surface area contributed by atoms with Crippen LogP contribution in [0, 0.1) is 17.3 Å². The number of halogens is 2. The molecule has 0 spiro atoms. The predicted octanol–water partition coefficient (Wildman–Crippen LogP) is 5.03. The average molecular weight is 486 g/mol. The number of thioether (sulfide) groups is 1. The number of methoxy groups -OCH3 is 1. The smallest absolute Gasteiger partial charge is 0.315 e. The summed E-state index contributed by atoms with van der Waals surface area (Å²) in [6, 6.07) is 6.97. The van der Waals surface area contributed by atoms with Crippen LogP contribution in [-0.2, 0) is 14.3 Å². The standard InChI is InChI=1S/C21H21Cl2NO4S2/c1-21(2)14(11-16(22)23)17(21)19(26)28-13-6-4-12(5-7-13)10-15-18(25)24(8-9-27-3)20(29)30-15/h4-7,10-11,14,17H,8-9H2,1-3H3. The molecule has 0 aromatic heterocycles.